The van der Waals surface area contributed by atoms with Crippen LogP contribution in [0.15, 0.2) is 42.5 Å². The van der Waals surface area contributed by atoms with Crippen molar-refractivity contribution in [2.24, 2.45) is 0 Å². The van der Waals surface area contributed by atoms with E-state index in [4.69, 9.17) is 11.6 Å². The van der Waals surface area contributed by atoms with E-state index >= 15 is 0 Å². The second-order valence-corrected chi connectivity index (χ2v) is 5.99. The average molecular weight is 372 g/mol. The third kappa shape index (κ3) is 3.27. The van der Waals surface area contributed by atoms with Gasteiger partial charge in [0.25, 0.3) is 11.6 Å². The quantitative estimate of drug-likeness (QED) is 0.556. The van der Waals surface area contributed by atoms with Crippen molar-refractivity contribution in [2.45, 2.75) is 13.8 Å². The summed E-state index contributed by atoms with van der Waals surface area (Å²) in [6.45, 7) is 3.46. The highest BCUT2D eigenvalue weighted by Gasteiger charge is 2.19. The molecule has 1 N–H and O–H groups in total. The number of hydrogen-bond donors (Lipinski definition) is 1. The van der Waals surface area contributed by atoms with Gasteiger partial charge in [-0.05, 0) is 37.6 Å². The van der Waals surface area contributed by atoms with Gasteiger partial charge in [-0.3, -0.25) is 14.9 Å². The third-order valence-electron chi connectivity index (χ3n) is 3.91. The lowest BCUT2D eigenvalue weighted by Crippen LogP contribution is -2.15. The number of carbonyl (C=O) groups is 1. The van der Waals surface area contributed by atoms with Gasteiger partial charge < -0.3 is 5.32 Å². The van der Waals surface area contributed by atoms with Gasteiger partial charge in [0.05, 0.1) is 16.3 Å². The van der Waals surface area contributed by atoms with Gasteiger partial charge >= 0.3 is 0 Å². The highest BCUT2D eigenvalue weighted by molar-refractivity contribution is 6.31. The minimum Gasteiger partial charge on any atom is -0.320 e. The van der Waals surface area contributed by atoms with Gasteiger partial charge in [0, 0.05) is 22.8 Å². The van der Waals surface area contributed by atoms with Crippen LogP contribution in [0, 0.1) is 24.0 Å². The molecular weight excluding hydrogens is 358 g/mol. The lowest BCUT2D eigenvalue weighted by atomic mass is 10.2. The van der Waals surface area contributed by atoms with Crippen LogP contribution < -0.4 is 5.32 Å². The van der Waals surface area contributed by atoms with Crippen molar-refractivity contribution >= 4 is 28.9 Å². The van der Waals surface area contributed by atoms with Crippen molar-refractivity contribution in [2.75, 3.05) is 5.32 Å². The Morgan fingerprint density at radius 3 is 2.69 bits per heavy atom. The molecule has 8 nitrogen and oxygen atoms in total. The zero-order chi connectivity index (χ0) is 18.8. The molecule has 0 unspecified atom stereocenters. The van der Waals surface area contributed by atoms with Gasteiger partial charge in [0.1, 0.15) is 0 Å². The van der Waals surface area contributed by atoms with E-state index in [0.717, 1.165) is 5.56 Å². The average Bonchev–Trinajstić information content (AvgIpc) is 3.00. The van der Waals surface area contributed by atoms with Crippen molar-refractivity contribution in [1.82, 2.24) is 15.0 Å². The molecule has 0 spiro atoms. The summed E-state index contributed by atoms with van der Waals surface area (Å²) in [5.41, 5.74) is 2.27. The lowest BCUT2D eigenvalue weighted by Gasteiger charge is -2.08. The SMILES string of the molecule is Cc1c(Cl)cccc1NC(=O)c1nnn(-c2cccc([N+](=O)[O-])c2)c1C. The van der Waals surface area contributed by atoms with E-state index in [9.17, 15) is 14.9 Å². The van der Waals surface area contributed by atoms with Crippen molar-refractivity contribution in [3.05, 3.63) is 74.6 Å². The number of non-ortho nitro benzene ring substituents is 1. The van der Waals surface area contributed by atoms with Gasteiger partial charge in [-0.15, -0.1) is 5.10 Å². The largest absolute Gasteiger partial charge is 0.320 e. The Morgan fingerprint density at radius 2 is 1.96 bits per heavy atom. The van der Waals surface area contributed by atoms with Crippen LogP contribution in [0.4, 0.5) is 11.4 Å². The number of aromatic nitrogens is 3. The first-order valence-corrected chi connectivity index (χ1v) is 8.00. The Balaban J connectivity index is 1.91. The van der Waals surface area contributed by atoms with Gasteiger partial charge in [0.2, 0.25) is 0 Å². The van der Waals surface area contributed by atoms with Crippen LogP contribution in [0.1, 0.15) is 21.7 Å². The summed E-state index contributed by atoms with van der Waals surface area (Å²) in [7, 11) is 0. The molecular formula is C17H14ClN5O3. The maximum Gasteiger partial charge on any atom is 0.278 e. The van der Waals surface area contributed by atoms with Crippen LogP contribution in [0.25, 0.3) is 5.69 Å². The Hall–Kier alpha value is -3.26. The predicted molar refractivity (Wildman–Crippen MR) is 96.9 cm³/mol. The number of hydrogen-bond acceptors (Lipinski definition) is 5. The number of halogens is 1. The zero-order valence-corrected chi connectivity index (χ0v) is 14.7. The van der Waals surface area contributed by atoms with E-state index in [-0.39, 0.29) is 11.4 Å². The van der Waals surface area contributed by atoms with Crippen molar-refractivity contribution in [3.63, 3.8) is 0 Å². The minimum atomic E-state index is -0.495. The first-order valence-electron chi connectivity index (χ1n) is 7.62. The molecule has 3 rings (SSSR count). The molecule has 2 aromatic carbocycles. The van der Waals surface area contributed by atoms with Crippen molar-refractivity contribution in [1.29, 1.82) is 0 Å². The molecule has 0 aliphatic rings. The van der Waals surface area contributed by atoms with Crippen LogP contribution in [-0.2, 0) is 0 Å². The Morgan fingerprint density at radius 1 is 1.23 bits per heavy atom. The standard InChI is InChI=1S/C17H14ClN5O3/c1-10-14(18)7-4-8-15(10)19-17(24)16-11(2)22(21-20-16)12-5-3-6-13(9-12)23(25)26/h3-9H,1-2H3,(H,19,24). The number of nitrogens with one attached hydrogen (secondary N) is 1. The Bertz CT molecular complexity index is 1020. The maximum absolute atomic E-state index is 12.5. The number of carbonyl (C=O) groups excluding carboxylic acids is 1. The third-order valence-corrected chi connectivity index (χ3v) is 4.32. The van der Waals surface area contributed by atoms with Crippen molar-refractivity contribution in [3.8, 4) is 5.69 Å². The zero-order valence-electron chi connectivity index (χ0n) is 13.9. The molecule has 9 heteroatoms. The summed E-state index contributed by atoms with van der Waals surface area (Å²) in [5, 5.41) is 22.1. The molecule has 1 heterocycles. The topological polar surface area (TPSA) is 103 Å². The lowest BCUT2D eigenvalue weighted by molar-refractivity contribution is -0.384. The fraction of sp³-hybridized carbons (Fsp3) is 0.118. The summed E-state index contributed by atoms with van der Waals surface area (Å²) in [4.78, 5) is 23.0. The van der Waals surface area contributed by atoms with Gasteiger partial charge in [-0.2, -0.15) is 0 Å². The van der Waals surface area contributed by atoms with E-state index in [2.05, 4.69) is 15.6 Å². The molecule has 0 aliphatic carbocycles. The molecule has 26 heavy (non-hydrogen) atoms. The second kappa shape index (κ2) is 6.93. The number of anilines is 1. The number of rotatable bonds is 4. The molecule has 3 aromatic rings. The molecule has 1 aromatic heterocycles. The molecule has 0 atom stereocenters. The van der Waals surface area contributed by atoms with Gasteiger partial charge in [0.15, 0.2) is 5.69 Å². The fourth-order valence-electron chi connectivity index (χ4n) is 2.45. The number of benzene rings is 2. The summed E-state index contributed by atoms with van der Waals surface area (Å²) >= 11 is 6.06. The van der Waals surface area contributed by atoms with E-state index in [0.29, 0.717) is 22.1 Å². The summed E-state index contributed by atoms with van der Waals surface area (Å²) in [6.07, 6.45) is 0. The van der Waals surface area contributed by atoms with Crippen LogP contribution in [-0.4, -0.2) is 25.8 Å². The number of nitro groups is 1. The minimum absolute atomic E-state index is 0.0713. The first-order chi connectivity index (χ1) is 12.4. The van der Waals surface area contributed by atoms with E-state index in [1.165, 1.54) is 16.8 Å². The molecule has 0 bridgehead atoms. The molecule has 0 fully saturated rings. The van der Waals surface area contributed by atoms with E-state index < -0.39 is 10.8 Å². The maximum atomic E-state index is 12.5. The van der Waals surface area contributed by atoms with Crippen molar-refractivity contribution < 1.29 is 9.72 Å². The molecule has 132 valence electrons. The highest BCUT2D eigenvalue weighted by atomic mass is 35.5. The Kier molecular flexibility index (Phi) is 4.68. The number of nitrogens with zero attached hydrogens (tertiary/aromatic N) is 4. The van der Waals surface area contributed by atoms with E-state index in [1.54, 1.807) is 44.2 Å². The highest BCUT2D eigenvalue weighted by Crippen LogP contribution is 2.24. The monoisotopic (exact) mass is 371 g/mol. The fourth-order valence-corrected chi connectivity index (χ4v) is 2.62. The van der Waals surface area contributed by atoms with Crippen LogP contribution >= 0.6 is 11.6 Å². The van der Waals surface area contributed by atoms with Gasteiger partial charge in [-0.1, -0.05) is 28.9 Å². The molecule has 1 amide bonds. The second-order valence-electron chi connectivity index (χ2n) is 5.58. The molecule has 0 aliphatic heterocycles. The predicted octanol–water partition coefficient (Wildman–Crippen LogP) is 3.70. The van der Waals surface area contributed by atoms with Crippen LogP contribution in [0.5, 0.6) is 0 Å². The Labute approximate surface area is 153 Å². The summed E-state index contributed by atoms with van der Waals surface area (Å²) < 4.78 is 1.38. The normalized spacial score (nSPS) is 10.6. The van der Waals surface area contributed by atoms with E-state index in [1.807, 2.05) is 0 Å². The van der Waals surface area contributed by atoms with Crippen LogP contribution in [0.3, 0.4) is 0 Å². The number of nitro benzene ring substituents is 1. The first kappa shape index (κ1) is 17.6. The molecule has 0 saturated heterocycles. The molecule has 0 saturated carbocycles. The van der Waals surface area contributed by atoms with Gasteiger partial charge in [-0.25, -0.2) is 4.68 Å². The summed E-state index contributed by atoms with van der Waals surface area (Å²) in [5.74, 6) is -0.440. The molecule has 0 radical (unpaired) electrons. The number of amides is 1. The van der Waals surface area contributed by atoms with Crippen LogP contribution in [0.2, 0.25) is 5.02 Å². The smallest absolute Gasteiger partial charge is 0.278 e. The summed E-state index contributed by atoms with van der Waals surface area (Å²) in [6, 6.07) is 11.1.